The van der Waals surface area contributed by atoms with Gasteiger partial charge in [0.15, 0.2) is 11.6 Å². The van der Waals surface area contributed by atoms with Gasteiger partial charge >= 0.3 is 0 Å². The van der Waals surface area contributed by atoms with Gasteiger partial charge in [-0.1, -0.05) is 6.07 Å². The molecule has 3 nitrogen and oxygen atoms in total. The number of carbonyl (C=O) groups is 1. The van der Waals surface area contributed by atoms with E-state index < -0.39 is 5.82 Å². The van der Waals surface area contributed by atoms with Gasteiger partial charge in [0.1, 0.15) is 5.88 Å². The Labute approximate surface area is 92.2 Å². The normalized spacial score (nSPS) is 9.80. The van der Waals surface area contributed by atoms with E-state index >= 15 is 0 Å². The molecule has 0 atom stereocenters. The highest BCUT2D eigenvalue weighted by Gasteiger charge is 2.04. The van der Waals surface area contributed by atoms with Crippen molar-refractivity contribution in [3.8, 4) is 5.75 Å². The lowest BCUT2D eigenvalue weighted by Crippen LogP contribution is -2.23. The summed E-state index contributed by atoms with van der Waals surface area (Å²) in [6, 6.07) is 4.50. The number of rotatable bonds is 4. The zero-order valence-corrected chi connectivity index (χ0v) is 8.97. The van der Waals surface area contributed by atoms with Gasteiger partial charge in [-0.15, -0.1) is 11.6 Å². The molecule has 0 saturated carbocycles. The van der Waals surface area contributed by atoms with Gasteiger partial charge in [-0.2, -0.15) is 0 Å². The monoisotopic (exact) mass is 231 g/mol. The molecular formula is C10H11ClFNO2. The summed E-state index contributed by atoms with van der Waals surface area (Å²) in [6.45, 7) is 0.256. The molecule has 1 aromatic rings. The maximum Gasteiger partial charge on any atom is 0.235 e. The topological polar surface area (TPSA) is 38.3 Å². The zero-order chi connectivity index (χ0) is 11.3. The summed E-state index contributed by atoms with van der Waals surface area (Å²) in [4.78, 5) is 10.8. The largest absolute Gasteiger partial charge is 0.494 e. The molecule has 0 heterocycles. The molecule has 0 spiro atoms. The molecule has 15 heavy (non-hydrogen) atoms. The number of nitrogens with one attached hydrogen (secondary N) is 1. The minimum absolute atomic E-state index is 0.0986. The first kappa shape index (κ1) is 11.8. The van der Waals surface area contributed by atoms with E-state index in [0.29, 0.717) is 5.56 Å². The first-order chi connectivity index (χ1) is 7.17. The van der Waals surface area contributed by atoms with Crippen LogP contribution in [0, 0.1) is 5.82 Å². The van der Waals surface area contributed by atoms with Gasteiger partial charge in [0.05, 0.1) is 7.11 Å². The molecule has 0 aliphatic heterocycles. The van der Waals surface area contributed by atoms with Crippen LogP contribution >= 0.6 is 11.6 Å². The lowest BCUT2D eigenvalue weighted by molar-refractivity contribution is -0.118. The Bertz CT molecular complexity index is 357. The Kier molecular flexibility index (Phi) is 4.37. The third-order valence-corrected chi connectivity index (χ3v) is 2.07. The molecule has 1 aromatic carbocycles. The summed E-state index contributed by atoms with van der Waals surface area (Å²) in [6.07, 6.45) is 0. The van der Waals surface area contributed by atoms with Crippen molar-refractivity contribution in [2.24, 2.45) is 0 Å². The molecule has 1 N–H and O–H groups in total. The minimum Gasteiger partial charge on any atom is -0.494 e. The molecule has 1 amide bonds. The van der Waals surface area contributed by atoms with Gasteiger partial charge in [-0.05, 0) is 17.7 Å². The average molecular weight is 232 g/mol. The van der Waals surface area contributed by atoms with Crippen LogP contribution in [0.3, 0.4) is 0 Å². The minimum atomic E-state index is -0.449. The van der Waals surface area contributed by atoms with E-state index in [2.05, 4.69) is 5.32 Å². The van der Waals surface area contributed by atoms with Gasteiger partial charge < -0.3 is 10.1 Å². The van der Waals surface area contributed by atoms with E-state index in [9.17, 15) is 9.18 Å². The second-order valence-corrected chi connectivity index (χ2v) is 3.15. The van der Waals surface area contributed by atoms with E-state index in [1.54, 1.807) is 6.07 Å². The molecule has 0 bridgehead atoms. The molecule has 0 aromatic heterocycles. The van der Waals surface area contributed by atoms with Crippen molar-refractivity contribution in [1.82, 2.24) is 5.32 Å². The van der Waals surface area contributed by atoms with Crippen molar-refractivity contribution in [2.75, 3.05) is 13.0 Å². The number of benzene rings is 1. The number of hydrogen-bond acceptors (Lipinski definition) is 2. The molecule has 0 fully saturated rings. The van der Waals surface area contributed by atoms with Crippen LogP contribution in [0.4, 0.5) is 4.39 Å². The molecule has 0 radical (unpaired) electrons. The van der Waals surface area contributed by atoms with Gasteiger partial charge in [0.2, 0.25) is 5.91 Å². The first-order valence-electron chi connectivity index (χ1n) is 4.32. The second-order valence-electron chi connectivity index (χ2n) is 2.88. The van der Waals surface area contributed by atoms with E-state index in [1.165, 1.54) is 19.2 Å². The SMILES string of the molecule is COc1ccc(CNC(=O)CCl)cc1F. The van der Waals surface area contributed by atoms with Crippen molar-refractivity contribution in [1.29, 1.82) is 0 Å². The van der Waals surface area contributed by atoms with Gasteiger partial charge in [0.25, 0.3) is 0 Å². The van der Waals surface area contributed by atoms with Gasteiger partial charge in [-0.25, -0.2) is 4.39 Å². The van der Waals surface area contributed by atoms with Gasteiger partial charge in [-0.3, -0.25) is 4.79 Å². The Balaban J connectivity index is 2.63. The first-order valence-corrected chi connectivity index (χ1v) is 4.86. The number of methoxy groups -OCH3 is 1. The van der Waals surface area contributed by atoms with Crippen LogP contribution in [0.2, 0.25) is 0 Å². The Morgan fingerprint density at radius 1 is 1.60 bits per heavy atom. The van der Waals surface area contributed by atoms with Crippen molar-refractivity contribution >= 4 is 17.5 Å². The number of hydrogen-bond donors (Lipinski definition) is 1. The number of amides is 1. The smallest absolute Gasteiger partial charge is 0.235 e. The summed E-state index contributed by atoms with van der Waals surface area (Å²) >= 11 is 5.29. The van der Waals surface area contributed by atoms with Crippen LogP contribution in [0.25, 0.3) is 0 Å². The van der Waals surface area contributed by atoms with Crippen LogP contribution in [0.5, 0.6) is 5.75 Å². The zero-order valence-electron chi connectivity index (χ0n) is 8.22. The van der Waals surface area contributed by atoms with Crippen molar-refractivity contribution in [3.05, 3.63) is 29.6 Å². The second kappa shape index (κ2) is 5.56. The molecular weight excluding hydrogens is 221 g/mol. The number of ether oxygens (including phenoxy) is 1. The number of halogens is 2. The van der Waals surface area contributed by atoms with E-state index in [0.717, 1.165) is 0 Å². The summed E-state index contributed by atoms with van der Waals surface area (Å²) in [5.74, 6) is -0.649. The Morgan fingerprint density at radius 3 is 2.87 bits per heavy atom. The molecule has 1 rings (SSSR count). The van der Waals surface area contributed by atoms with E-state index in [1.807, 2.05) is 0 Å². The lowest BCUT2D eigenvalue weighted by atomic mass is 10.2. The van der Waals surface area contributed by atoms with E-state index in [4.69, 9.17) is 16.3 Å². The molecule has 0 aliphatic carbocycles. The van der Waals surface area contributed by atoms with Crippen molar-refractivity contribution in [3.63, 3.8) is 0 Å². The summed E-state index contributed by atoms with van der Waals surface area (Å²) in [7, 11) is 1.40. The molecule has 0 aliphatic rings. The van der Waals surface area contributed by atoms with Crippen LogP contribution in [0.1, 0.15) is 5.56 Å². The standard InChI is InChI=1S/C10H11ClFNO2/c1-15-9-3-2-7(4-8(9)12)6-13-10(14)5-11/h2-4H,5-6H2,1H3,(H,13,14). The van der Waals surface area contributed by atoms with Crippen LogP contribution in [0.15, 0.2) is 18.2 Å². The maximum atomic E-state index is 13.2. The molecule has 0 unspecified atom stereocenters. The summed E-state index contributed by atoms with van der Waals surface area (Å²) in [5.41, 5.74) is 0.659. The van der Waals surface area contributed by atoms with Crippen molar-refractivity contribution < 1.29 is 13.9 Å². The number of carbonyl (C=O) groups excluding carboxylic acids is 1. The quantitative estimate of drug-likeness (QED) is 0.801. The Morgan fingerprint density at radius 2 is 2.33 bits per heavy atom. The Hall–Kier alpha value is -1.29. The molecule has 5 heteroatoms. The lowest BCUT2D eigenvalue weighted by Gasteiger charge is -2.05. The van der Waals surface area contributed by atoms with Gasteiger partial charge in [0, 0.05) is 6.54 Å². The fraction of sp³-hybridized carbons (Fsp3) is 0.300. The highest BCUT2D eigenvalue weighted by Crippen LogP contribution is 2.17. The van der Waals surface area contributed by atoms with Crippen LogP contribution in [-0.2, 0) is 11.3 Å². The predicted molar refractivity (Wildman–Crippen MR) is 55.5 cm³/mol. The van der Waals surface area contributed by atoms with E-state index in [-0.39, 0.29) is 24.1 Å². The predicted octanol–water partition coefficient (Wildman–Crippen LogP) is 1.69. The highest BCUT2D eigenvalue weighted by molar-refractivity contribution is 6.27. The number of alkyl halides is 1. The fourth-order valence-corrected chi connectivity index (χ4v) is 1.16. The third-order valence-electron chi connectivity index (χ3n) is 1.83. The molecule has 82 valence electrons. The maximum absolute atomic E-state index is 13.2. The van der Waals surface area contributed by atoms with Crippen molar-refractivity contribution in [2.45, 2.75) is 6.54 Å². The van der Waals surface area contributed by atoms with Crippen LogP contribution in [-0.4, -0.2) is 18.9 Å². The summed E-state index contributed by atoms with van der Waals surface area (Å²) < 4.78 is 18.0. The summed E-state index contributed by atoms with van der Waals surface area (Å²) in [5, 5.41) is 2.53. The van der Waals surface area contributed by atoms with Crippen LogP contribution < -0.4 is 10.1 Å². The third kappa shape index (κ3) is 3.40. The average Bonchev–Trinajstić information content (AvgIpc) is 2.26. The highest BCUT2D eigenvalue weighted by atomic mass is 35.5. The molecule has 0 saturated heterocycles. The fourth-order valence-electron chi connectivity index (χ4n) is 1.07.